The topological polar surface area (TPSA) is 68.2 Å². The van der Waals surface area contributed by atoms with Crippen molar-refractivity contribution in [2.24, 2.45) is 13.0 Å². The number of carbonyl (C=O) groups is 1. The van der Waals surface area contributed by atoms with E-state index in [-0.39, 0.29) is 12.1 Å². The summed E-state index contributed by atoms with van der Waals surface area (Å²) in [5.74, 6) is 1.15. The molecule has 1 saturated heterocycles. The van der Waals surface area contributed by atoms with Crippen LogP contribution in [0.5, 0.6) is 0 Å². The predicted molar refractivity (Wildman–Crippen MR) is 92.0 cm³/mol. The summed E-state index contributed by atoms with van der Waals surface area (Å²) < 4.78 is 7.22. The van der Waals surface area contributed by atoms with Gasteiger partial charge >= 0.3 is 6.03 Å². The Morgan fingerprint density at radius 3 is 2.88 bits per heavy atom. The lowest BCUT2D eigenvalue weighted by molar-refractivity contribution is 0.185. The second kappa shape index (κ2) is 7.68. The van der Waals surface area contributed by atoms with Crippen LogP contribution in [0.15, 0.2) is 36.7 Å². The summed E-state index contributed by atoms with van der Waals surface area (Å²) in [7, 11) is 1.90. The molecule has 128 valence electrons. The zero-order chi connectivity index (χ0) is 16.9. The third kappa shape index (κ3) is 4.07. The summed E-state index contributed by atoms with van der Waals surface area (Å²) in [4.78, 5) is 16.7. The van der Waals surface area contributed by atoms with Gasteiger partial charge in [-0.1, -0.05) is 23.7 Å². The van der Waals surface area contributed by atoms with Crippen LogP contribution < -0.4 is 10.6 Å². The highest BCUT2D eigenvalue weighted by Gasteiger charge is 2.22. The Labute approximate surface area is 146 Å². The summed E-state index contributed by atoms with van der Waals surface area (Å²) in [6, 6.07) is 6.84. The first kappa shape index (κ1) is 16.8. The molecule has 0 unspecified atom stereocenters. The number of imidazole rings is 1. The van der Waals surface area contributed by atoms with Gasteiger partial charge in [-0.3, -0.25) is 0 Å². The molecule has 24 heavy (non-hydrogen) atoms. The van der Waals surface area contributed by atoms with E-state index >= 15 is 0 Å². The Hall–Kier alpha value is -2.05. The number of carbonyl (C=O) groups excluding carboxylic acids is 1. The van der Waals surface area contributed by atoms with Gasteiger partial charge in [0.15, 0.2) is 0 Å². The van der Waals surface area contributed by atoms with Crippen LogP contribution in [-0.2, 0) is 11.8 Å². The van der Waals surface area contributed by atoms with Crippen molar-refractivity contribution in [1.82, 2.24) is 20.2 Å². The normalized spacial score (nSPS) is 18.3. The first-order valence-corrected chi connectivity index (χ1v) is 8.36. The Bertz CT molecular complexity index is 680. The predicted octanol–water partition coefficient (Wildman–Crippen LogP) is 2.50. The van der Waals surface area contributed by atoms with E-state index in [4.69, 9.17) is 16.3 Å². The Morgan fingerprint density at radius 1 is 1.46 bits per heavy atom. The summed E-state index contributed by atoms with van der Waals surface area (Å²) in [5, 5.41) is 6.58. The van der Waals surface area contributed by atoms with Crippen molar-refractivity contribution in [1.29, 1.82) is 0 Å². The van der Waals surface area contributed by atoms with Crippen LogP contribution in [0.1, 0.15) is 23.9 Å². The molecule has 2 aromatic rings. The Balaban J connectivity index is 1.71. The highest BCUT2D eigenvalue weighted by atomic mass is 35.5. The number of rotatable bonds is 5. The largest absolute Gasteiger partial charge is 0.381 e. The molecule has 3 rings (SSSR count). The summed E-state index contributed by atoms with van der Waals surface area (Å²) in [5.41, 5.74) is 0.924. The molecule has 2 amide bonds. The smallest absolute Gasteiger partial charge is 0.315 e. The lowest BCUT2D eigenvalue weighted by atomic mass is 10.1. The average Bonchev–Trinajstić information content (AvgIpc) is 3.23. The van der Waals surface area contributed by atoms with Crippen molar-refractivity contribution in [3.05, 3.63) is 53.1 Å². The van der Waals surface area contributed by atoms with Crippen molar-refractivity contribution < 1.29 is 9.53 Å². The number of aromatic nitrogens is 2. The van der Waals surface area contributed by atoms with E-state index in [9.17, 15) is 4.79 Å². The van der Waals surface area contributed by atoms with Crippen LogP contribution in [-0.4, -0.2) is 35.3 Å². The van der Waals surface area contributed by atoms with Crippen LogP contribution in [0.25, 0.3) is 0 Å². The molecule has 7 heteroatoms. The quantitative estimate of drug-likeness (QED) is 0.872. The number of aryl methyl sites for hydroxylation is 1. The summed E-state index contributed by atoms with van der Waals surface area (Å²) in [6.07, 6.45) is 4.56. The second-order valence-corrected chi connectivity index (χ2v) is 6.40. The maximum Gasteiger partial charge on any atom is 0.315 e. The minimum atomic E-state index is -0.345. The molecule has 1 aromatic carbocycles. The van der Waals surface area contributed by atoms with E-state index in [2.05, 4.69) is 15.6 Å². The number of nitrogens with zero attached hydrogens (tertiary/aromatic N) is 2. The molecule has 0 radical (unpaired) electrons. The number of hydrogen-bond acceptors (Lipinski definition) is 3. The summed E-state index contributed by atoms with van der Waals surface area (Å²) in [6.45, 7) is 2.09. The lowest BCUT2D eigenvalue weighted by Crippen LogP contribution is -2.41. The van der Waals surface area contributed by atoms with Gasteiger partial charge in [0.2, 0.25) is 0 Å². The second-order valence-electron chi connectivity index (χ2n) is 5.96. The molecule has 0 spiro atoms. The highest BCUT2D eigenvalue weighted by Crippen LogP contribution is 2.22. The zero-order valence-corrected chi connectivity index (χ0v) is 14.3. The van der Waals surface area contributed by atoms with Gasteiger partial charge < -0.3 is 19.9 Å². The van der Waals surface area contributed by atoms with Gasteiger partial charge in [0.05, 0.1) is 6.61 Å². The number of hydrogen-bond donors (Lipinski definition) is 2. The van der Waals surface area contributed by atoms with Crippen molar-refractivity contribution >= 4 is 17.6 Å². The molecule has 2 atom stereocenters. The number of amides is 2. The van der Waals surface area contributed by atoms with Crippen molar-refractivity contribution in [3.8, 4) is 0 Å². The molecule has 1 aromatic heterocycles. The van der Waals surface area contributed by atoms with Crippen LogP contribution in [0.4, 0.5) is 4.79 Å². The van der Waals surface area contributed by atoms with E-state index in [1.54, 1.807) is 6.20 Å². The molecule has 1 aliphatic rings. The third-order valence-electron chi connectivity index (χ3n) is 4.17. The minimum absolute atomic E-state index is 0.218. The molecule has 0 saturated carbocycles. The average molecular weight is 349 g/mol. The first-order valence-electron chi connectivity index (χ1n) is 7.98. The molecule has 2 heterocycles. The van der Waals surface area contributed by atoms with E-state index in [1.165, 1.54) is 0 Å². The Morgan fingerprint density at radius 2 is 2.25 bits per heavy atom. The monoisotopic (exact) mass is 348 g/mol. The first-order chi connectivity index (χ1) is 11.6. The minimum Gasteiger partial charge on any atom is -0.381 e. The number of ether oxygens (including phenoxy) is 1. The molecular weight excluding hydrogens is 328 g/mol. The standard InChI is InChI=1S/C17H21ClN4O2/c1-22-8-7-19-16(22)15(13-2-4-14(18)5-3-13)21-17(23)20-10-12-6-9-24-11-12/h2-5,7-8,12,15H,6,9-11H2,1H3,(H2,20,21,23)/t12-,15+/m1/s1. The highest BCUT2D eigenvalue weighted by molar-refractivity contribution is 6.30. The molecule has 1 fully saturated rings. The van der Waals surface area contributed by atoms with Gasteiger partial charge in [-0.2, -0.15) is 0 Å². The van der Waals surface area contributed by atoms with Gasteiger partial charge in [0, 0.05) is 43.5 Å². The fourth-order valence-corrected chi connectivity index (χ4v) is 2.90. The number of urea groups is 1. The number of nitrogens with one attached hydrogen (secondary N) is 2. The van der Waals surface area contributed by atoms with Gasteiger partial charge in [-0.15, -0.1) is 0 Å². The van der Waals surface area contributed by atoms with Crippen molar-refractivity contribution in [3.63, 3.8) is 0 Å². The Kier molecular flexibility index (Phi) is 5.37. The van der Waals surface area contributed by atoms with E-state index in [1.807, 2.05) is 42.1 Å². The zero-order valence-electron chi connectivity index (χ0n) is 13.5. The van der Waals surface area contributed by atoms with Crippen molar-refractivity contribution in [2.75, 3.05) is 19.8 Å². The molecule has 2 N–H and O–H groups in total. The van der Waals surface area contributed by atoms with E-state index in [0.29, 0.717) is 24.1 Å². The maximum absolute atomic E-state index is 12.3. The number of benzene rings is 1. The van der Waals surface area contributed by atoms with Gasteiger partial charge in [-0.05, 0) is 24.1 Å². The number of halogens is 1. The SMILES string of the molecule is Cn1ccnc1[C@@H](NC(=O)NC[C@H]1CCOC1)c1ccc(Cl)cc1. The fraction of sp³-hybridized carbons (Fsp3) is 0.412. The van der Waals surface area contributed by atoms with Crippen LogP contribution >= 0.6 is 11.6 Å². The fourth-order valence-electron chi connectivity index (χ4n) is 2.77. The van der Waals surface area contributed by atoms with Crippen LogP contribution in [0.2, 0.25) is 5.02 Å². The van der Waals surface area contributed by atoms with Crippen molar-refractivity contribution in [2.45, 2.75) is 12.5 Å². The molecule has 0 aliphatic carbocycles. The third-order valence-corrected chi connectivity index (χ3v) is 4.42. The molecular formula is C17H21ClN4O2. The maximum atomic E-state index is 12.3. The van der Waals surface area contributed by atoms with Gasteiger partial charge in [-0.25, -0.2) is 9.78 Å². The van der Waals surface area contributed by atoms with E-state index in [0.717, 1.165) is 24.4 Å². The lowest BCUT2D eigenvalue weighted by Gasteiger charge is -2.20. The molecule has 6 nitrogen and oxygen atoms in total. The summed E-state index contributed by atoms with van der Waals surface area (Å²) >= 11 is 5.97. The van der Waals surface area contributed by atoms with E-state index < -0.39 is 0 Å². The van der Waals surface area contributed by atoms with Crippen LogP contribution in [0, 0.1) is 5.92 Å². The molecule has 0 bridgehead atoms. The van der Waals surface area contributed by atoms with Gasteiger partial charge in [0.1, 0.15) is 11.9 Å². The van der Waals surface area contributed by atoms with Gasteiger partial charge in [0.25, 0.3) is 0 Å². The van der Waals surface area contributed by atoms with Crippen LogP contribution in [0.3, 0.4) is 0 Å². The molecule has 1 aliphatic heterocycles.